The van der Waals surface area contributed by atoms with Gasteiger partial charge < -0.3 is 14.0 Å². The van der Waals surface area contributed by atoms with Crippen molar-refractivity contribution in [1.82, 2.24) is 9.30 Å². The highest BCUT2D eigenvalue weighted by Crippen LogP contribution is 2.28. The van der Waals surface area contributed by atoms with Gasteiger partial charge in [-0.05, 0) is 37.9 Å². The van der Waals surface area contributed by atoms with Crippen LogP contribution in [0.1, 0.15) is 29.8 Å². The molecule has 3 aromatic rings. The van der Waals surface area contributed by atoms with Gasteiger partial charge in [-0.3, -0.25) is 0 Å². The summed E-state index contributed by atoms with van der Waals surface area (Å²) < 4.78 is 7.47. The Bertz CT molecular complexity index is 878. The van der Waals surface area contributed by atoms with Gasteiger partial charge in [0.1, 0.15) is 6.61 Å². The SMILES string of the molecule is C=Cc1ccc2c(C(=O)OCCN(C)C)c3ccccn3c2c1.CC. The van der Waals surface area contributed by atoms with Gasteiger partial charge in [0.2, 0.25) is 0 Å². The van der Waals surface area contributed by atoms with Crippen molar-refractivity contribution in [3.8, 4) is 0 Å². The molecule has 0 atom stereocenters. The number of hydrogen-bond acceptors (Lipinski definition) is 3. The first kappa shape index (κ1) is 18.7. The van der Waals surface area contributed by atoms with Gasteiger partial charge in [-0.25, -0.2) is 4.79 Å². The molecule has 0 bridgehead atoms. The second-order valence-corrected chi connectivity index (χ2v) is 5.75. The zero-order valence-electron chi connectivity index (χ0n) is 15.5. The van der Waals surface area contributed by atoms with E-state index < -0.39 is 0 Å². The van der Waals surface area contributed by atoms with Gasteiger partial charge in [0.05, 0.1) is 16.6 Å². The maximum Gasteiger partial charge on any atom is 0.341 e. The lowest BCUT2D eigenvalue weighted by atomic mass is 10.1. The second-order valence-electron chi connectivity index (χ2n) is 5.75. The highest BCUT2D eigenvalue weighted by Gasteiger charge is 2.19. The highest BCUT2D eigenvalue weighted by atomic mass is 16.5. The minimum Gasteiger partial charge on any atom is -0.461 e. The van der Waals surface area contributed by atoms with Gasteiger partial charge in [-0.2, -0.15) is 0 Å². The Kier molecular flexibility index (Phi) is 6.37. The third-order valence-corrected chi connectivity index (χ3v) is 3.88. The number of benzene rings is 1. The molecular formula is C21H26N2O2. The van der Waals surface area contributed by atoms with Crippen molar-refractivity contribution in [3.63, 3.8) is 0 Å². The number of pyridine rings is 1. The second kappa shape index (κ2) is 8.49. The molecule has 4 heteroatoms. The van der Waals surface area contributed by atoms with E-state index in [9.17, 15) is 4.79 Å². The van der Waals surface area contributed by atoms with Crippen LogP contribution in [0.15, 0.2) is 49.2 Å². The van der Waals surface area contributed by atoms with Crippen LogP contribution in [0.2, 0.25) is 0 Å². The summed E-state index contributed by atoms with van der Waals surface area (Å²) in [5.74, 6) is -0.281. The Hall–Kier alpha value is -2.59. The Morgan fingerprint density at radius 3 is 2.64 bits per heavy atom. The molecule has 0 N–H and O–H groups in total. The van der Waals surface area contributed by atoms with Crippen LogP contribution in [0.4, 0.5) is 0 Å². The zero-order chi connectivity index (χ0) is 18.4. The minimum atomic E-state index is -0.281. The maximum absolute atomic E-state index is 12.6. The van der Waals surface area contributed by atoms with Crippen LogP contribution in [0, 0.1) is 0 Å². The van der Waals surface area contributed by atoms with Crippen molar-refractivity contribution in [2.45, 2.75) is 13.8 Å². The molecule has 0 fully saturated rings. The number of fused-ring (bicyclic) bond motifs is 3. The number of hydrogen-bond donors (Lipinski definition) is 0. The van der Waals surface area contributed by atoms with E-state index in [0.29, 0.717) is 18.7 Å². The molecule has 25 heavy (non-hydrogen) atoms. The van der Waals surface area contributed by atoms with Crippen molar-refractivity contribution < 1.29 is 9.53 Å². The summed E-state index contributed by atoms with van der Waals surface area (Å²) in [4.78, 5) is 14.6. The van der Waals surface area contributed by atoms with E-state index in [1.165, 1.54) is 0 Å². The summed E-state index contributed by atoms with van der Waals surface area (Å²) in [6, 6.07) is 11.8. The normalized spacial score (nSPS) is 10.6. The lowest BCUT2D eigenvalue weighted by Gasteiger charge is -2.09. The number of ether oxygens (including phenoxy) is 1. The first-order chi connectivity index (χ1) is 12.1. The molecule has 0 saturated heterocycles. The Morgan fingerprint density at radius 2 is 1.96 bits per heavy atom. The maximum atomic E-state index is 12.6. The van der Waals surface area contributed by atoms with Gasteiger partial charge >= 0.3 is 5.97 Å². The zero-order valence-corrected chi connectivity index (χ0v) is 15.5. The third-order valence-electron chi connectivity index (χ3n) is 3.88. The standard InChI is InChI=1S/C19H20N2O2.C2H6/c1-4-14-8-9-15-17(13-14)21-10-6-5-7-16(21)18(15)19(22)23-12-11-20(2)3;1-2/h4-10,13H,1,11-12H2,2-3H3;1-2H3. The fourth-order valence-corrected chi connectivity index (χ4v) is 2.69. The van der Waals surface area contributed by atoms with Gasteiger partial charge in [0, 0.05) is 18.1 Å². The van der Waals surface area contributed by atoms with Crippen LogP contribution >= 0.6 is 0 Å². The number of carbonyl (C=O) groups excluding carboxylic acids is 1. The van der Waals surface area contributed by atoms with Crippen LogP contribution in [0.5, 0.6) is 0 Å². The molecule has 0 aliphatic heterocycles. The number of likely N-dealkylation sites (N-methyl/N-ethyl adjacent to an activating group) is 1. The number of carbonyl (C=O) groups is 1. The lowest BCUT2D eigenvalue weighted by Crippen LogP contribution is -2.20. The van der Waals surface area contributed by atoms with Crippen molar-refractivity contribution in [3.05, 3.63) is 60.3 Å². The molecule has 0 amide bonds. The monoisotopic (exact) mass is 338 g/mol. The summed E-state index contributed by atoms with van der Waals surface area (Å²) >= 11 is 0. The minimum absolute atomic E-state index is 0.281. The highest BCUT2D eigenvalue weighted by molar-refractivity contribution is 6.12. The molecule has 132 valence electrons. The largest absolute Gasteiger partial charge is 0.461 e. The number of rotatable bonds is 5. The molecule has 0 spiro atoms. The number of nitrogens with zero attached hydrogens (tertiary/aromatic N) is 2. The molecule has 2 aromatic heterocycles. The van der Waals surface area contributed by atoms with Crippen LogP contribution in [0.25, 0.3) is 22.5 Å². The summed E-state index contributed by atoms with van der Waals surface area (Å²) in [6.07, 6.45) is 3.76. The lowest BCUT2D eigenvalue weighted by molar-refractivity contribution is 0.0486. The molecule has 3 rings (SSSR count). The molecule has 0 aliphatic carbocycles. The van der Waals surface area contributed by atoms with E-state index in [1.54, 1.807) is 6.08 Å². The molecule has 1 aromatic carbocycles. The van der Waals surface area contributed by atoms with E-state index in [1.807, 2.05) is 79.8 Å². The van der Waals surface area contributed by atoms with Gasteiger partial charge in [-0.15, -0.1) is 0 Å². The van der Waals surface area contributed by atoms with Gasteiger partial charge in [-0.1, -0.05) is 44.7 Å². The van der Waals surface area contributed by atoms with Gasteiger partial charge in [0.25, 0.3) is 0 Å². The average molecular weight is 338 g/mol. The number of esters is 1. The fraction of sp³-hybridized carbons (Fsp3) is 0.286. The van der Waals surface area contributed by atoms with Crippen LogP contribution < -0.4 is 0 Å². The molecule has 0 radical (unpaired) electrons. The van der Waals surface area contributed by atoms with E-state index in [-0.39, 0.29) is 5.97 Å². The van der Waals surface area contributed by atoms with Crippen molar-refractivity contribution in [2.24, 2.45) is 0 Å². The van der Waals surface area contributed by atoms with Crippen LogP contribution in [-0.4, -0.2) is 42.5 Å². The molecular weight excluding hydrogens is 312 g/mol. The van der Waals surface area contributed by atoms with Crippen LogP contribution in [0.3, 0.4) is 0 Å². The van der Waals surface area contributed by atoms with E-state index >= 15 is 0 Å². The average Bonchev–Trinajstić information content (AvgIpc) is 2.96. The Labute approximate surface area is 149 Å². The molecule has 0 unspecified atom stereocenters. The summed E-state index contributed by atoms with van der Waals surface area (Å²) in [5.41, 5.74) is 3.49. The topological polar surface area (TPSA) is 34.0 Å². The number of aromatic nitrogens is 1. The summed E-state index contributed by atoms with van der Waals surface area (Å²) in [7, 11) is 3.90. The quantitative estimate of drug-likeness (QED) is 0.643. The van der Waals surface area contributed by atoms with Crippen molar-refractivity contribution in [1.29, 1.82) is 0 Å². The smallest absolute Gasteiger partial charge is 0.341 e. The first-order valence-corrected chi connectivity index (χ1v) is 8.59. The summed E-state index contributed by atoms with van der Waals surface area (Å²) in [5, 5.41) is 0.900. The predicted molar refractivity (Wildman–Crippen MR) is 105 cm³/mol. The van der Waals surface area contributed by atoms with Crippen molar-refractivity contribution in [2.75, 3.05) is 27.2 Å². The van der Waals surface area contributed by atoms with E-state index in [0.717, 1.165) is 22.0 Å². The summed E-state index contributed by atoms with van der Waals surface area (Å²) in [6.45, 7) is 8.89. The van der Waals surface area contributed by atoms with Crippen molar-refractivity contribution >= 4 is 28.5 Å². The molecule has 4 nitrogen and oxygen atoms in total. The van der Waals surface area contributed by atoms with E-state index in [4.69, 9.17) is 4.74 Å². The molecule has 0 aliphatic rings. The van der Waals surface area contributed by atoms with Crippen LogP contribution in [-0.2, 0) is 4.74 Å². The van der Waals surface area contributed by atoms with E-state index in [2.05, 4.69) is 6.58 Å². The first-order valence-electron chi connectivity index (χ1n) is 8.59. The van der Waals surface area contributed by atoms with Gasteiger partial charge in [0.15, 0.2) is 0 Å². The predicted octanol–water partition coefficient (Wildman–Crippen LogP) is 4.48. The third kappa shape index (κ3) is 3.91. The fourth-order valence-electron chi connectivity index (χ4n) is 2.69. The Balaban J connectivity index is 0.00000109. The molecule has 2 heterocycles. The Morgan fingerprint density at radius 1 is 1.20 bits per heavy atom. The molecule has 0 saturated carbocycles.